The van der Waals surface area contributed by atoms with Gasteiger partial charge in [0, 0.05) is 17.9 Å². The molecular formula is C12H17F3N2S. The van der Waals surface area contributed by atoms with Crippen LogP contribution in [0.3, 0.4) is 0 Å². The van der Waals surface area contributed by atoms with Gasteiger partial charge in [0.2, 0.25) is 0 Å². The first kappa shape index (κ1) is 15.0. The fourth-order valence-electron chi connectivity index (χ4n) is 1.52. The van der Waals surface area contributed by atoms with Gasteiger partial charge in [0.05, 0.1) is 5.56 Å². The van der Waals surface area contributed by atoms with Crippen molar-refractivity contribution in [1.29, 1.82) is 0 Å². The molecular weight excluding hydrogens is 261 g/mol. The maximum absolute atomic E-state index is 12.6. The van der Waals surface area contributed by atoms with Gasteiger partial charge in [0.25, 0.3) is 0 Å². The normalized spacial score (nSPS) is 11.6. The lowest BCUT2D eigenvalue weighted by molar-refractivity contribution is -0.136. The third-order valence-corrected chi connectivity index (χ3v) is 3.16. The maximum atomic E-state index is 12.6. The quantitative estimate of drug-likeness (QED) is 0.613. The average Bonchev–Trinajstić information content (AvgIpc) is 2.29. The predicted molar refractivity (Wildman–Crippen MR) is 72.0 cm³/mol. The fraction of sp³-hybridized carbons (Fsp3) is 0.500. The van der Waals surface area contributed by atoms with Crippen LogP contribution >= 0.6 is 11.8 Å². The van der Waals surface area contributed by atoms with Crippen molar-refractivity contribution >= 4 is 23.1 Å². The number of unbranched alkanes of at least 4 members (excludes halogenated alkanes) is 1. The average molecular weight is 278 g/mol. The fourth-order valence-corrected chi connectivity index (χ4v) is 2.01. The van der Waals surface area contributed by atoms with E-state index >= 15 is 0 Å². The smallest absolute Gasteiger partial charge is 0.398 e. The van der Waals surface area contributed by atoms with E-state index in [1.165, 1.54) is 6.07 Å². The van der Waals surface area contributed by atoms with E-state index in [9.17, 15) is 13.2 Å². The highest BCUT2D eigenvalue weighted by Crippen LogP contribution is 2.35. The SMILES string of the molecule is CSCCCCNc1ccc(N)c(C(F)(F)F)c1. The number of benzene rings is 1. The molecule has 0 aliphatic carbocycles. The van der Waals surface area contributed by atoms with E-state index in [4.69, 9.17) is 5.73 Å². The van der Waals surface area contributed by atoms with Gasteiger partial charge in [-0.3, -0.25) is 0 Å². The minimum Gasteiger partial charge on any atom is -0.398 e. The summed E-state index contributed by atoms with van der Waals surface area (Å²) >= 11 is 1.76. The summed E-state index contributed by atoms with van der Waals surface area (Å²) < 4.78 is 37.8. The summed E-state index contributed by atoms with van der Waals surface area (Å²) in [6.07, 6.45) is -0.383. The van der Waals surface area contributed by atoms with Crippen molar-refractivity contribution in [3.8, 4) is 0 Å². The van der Waals surface area contributed by atoms with Crippen molar-refractivity contribution in [3.05, 3.63) is 23.8 Å². The Balaban J connectivity index is 2.57. The van der Waals surface area contributed by atoms with Gasteiger partial charge in [-0.25, -0.2) is 0 Å². The first-order valence-electron chi connectivity index (χ1n) is 5.64. The van der Waals surface area contributed by atoms with Crippen LogP contribution in [0.2, 0.25) is 0 Å². The standard InChI is InChI=1S/C12H17F3N2S/c1-18-7-3-2-6-17-9-4-5-11(16)10(8-9)12(13,14)15/h4-5,8,17H,2-3,6-7,16H2,1H3. The molecule has 0 fully saturated rings. The first-order valence-corrected chi connectivity index (χ1v) is 7.04. The zero-order valence-corrected chi connectivity index (χ0v) is 11.0. The molecule has 0 aliphatic rings. The first-order chi connectivity index (χ1) is 8.45. The Morgan fingerprint density at radius 2 is 2.00 bits per heavy atom. The van der Waals surface area contributed by atoms with Crippen molar-refractivity contribution in [1.82, 2.24) is 0 Å². The van der Waals surface area contributed by atoms with E-state index in [0.29, 0.717) is 12.2 Å². The van der Waals surface area contributed by atoms with Gasteiger partial charge in [-0.15, -0.1) is 0 Å². The van der Waals surface area contributed by atoms with E-state index < -0.39 is 11.7 Å². The Bertz CT molecular complexity index is 380. The maximum Gasteiger partial charge on any atom is 0.418 e. The zero-order valence-electron chi connectivity index (χ0n) is 10.2. The van der Waals surface area contributed by atoms with Crippen molar-refractivity contribution in [2.24, 2.45) is 0 Å². The van der Waals surface area contributed by atoms with Crippen LogP contribution in [0.15, 0.2) is 18.2 Å². The lowest BCUT2D eigenvalue weighted by atomic mass is 10.1. The number of hydrogen-bond donors (Lipinski definition) is 2. The summed E-state index contributed by atoms with van der Waals surface area (Å²) in [6, 6.07) is 3.91. The van der Waals surface area contributed by atoms with Gasteiger partial charge < -0.3 is 11.1 Å². The van der Waals surface area contributed by atoms with Crippen LogP contribution in [-0.4, -0.2) is 18.6 Å². The van der Waals surface area contributed by atoms with Gasteiger partial charge in [-0.1, -0.05) is 0 Å². The molecule has 18 heavy (non-hydrogen) atoms. The van der Waals surface area contributed by atoms with Crippen molar-refractivity contribution in [2.75, 3.05) is 29.6 Å². The molecule has 0 atom stereocenters. The Kier molecular flexibility index (Phi) is 5.65. The highest BCUT2D eigenvalue weighted by molar-refractivity contribution is 7.98. The second-order valence-electron chi connectivity index (χ2n) is 3.93. The van der Waals surface area contributed by atoms with E-state index in [-0.39, 0.29) is 5.69 Å². The summed E-state index contributed by atoms with van der Waals surface area (Å²) in [6.45, 7) is 0.668. The molecule has 0 saturated carbocycles. The largest absolute Gasteiger partial charge is 0.418 e. The molecule has 6 heteroatoms. The number of anilines is 2. The molecule has 0 heterocycles. The Morgan fingerprint density at radius 1 is 1.28 bits per heavy atom. The van der Waals surface area contributed by atoms with Crippen LogP contribution in [-0.2, 0) is 6.18 Å². The number of hydrogen-bond acceptors (Lipinski definition) is 3. The molecule has 0 spiro atoms. The minimum atomic E-state index is -4.40. The lowest BCUT2D eigenvalue weighted by Gasteiger charge is -2.13. The molecule has 1 rings (SSSR count). The number of nitrogens with two attached hydrogens (primary N) is 1. The molecule has 1 aromatic carbocycles. The number of rotatable bonds is 6. The monoisotopic (exact) mass is 278 g/mol. The Labute approximate surface area is 109 Å². The van der Waals surface area contributed by atoms with Crippen molar-refractivity contribution in [2.45, 2.75) is 19.0 Å². The van der Waals surface area contributed by atoms with Gasteiger partial charge >= 0.3 is 6.18 Å². The number of nitrogen functional groups attached to an aromatic ring is 1. The minimum absolute atomic E-state index is 0.240. The van der Waals surface area contributed by atoms with Crippen LogP contribution in [0.25, 0.3) is 0 Å². The number of nitrogens with one attached hydrogen (secondary N) is 1. The number of halogens is 3. The summed E-state index contributed by atoms with van der Waals surface area (Å²) in [4.78, 5) is 0. The Morgan fingerprint density at radius 3 is 2.61 bits per heavy atom. The van der Waals surface area contributed by atoms with Crippen LogP contribution < -0.4 is 11.1 Å². The van der Waals surface area contributed by atoms with Gasteiger partial charge in [0.15, 0.2) is 0 Å². The van der Waals surface area contributed by atoms with Crippen LogP contribution in [0.5, 0.6) is 0 Å². The number of thioether (sulfide) groups is 1. The molecule has 0 bridgehead atoms. The second kappa shape index (κ2) is 6.78. The van der Waals surface area contributed by atoms with Gasteiger partial charge in [0.1, 0.15) is 0 Å². The molecule has 0 radical (unpaired) electrons. The van der Waals surface area contributed by atoms with Crippen LogP contribution in [0, 0.1) is 0 Å². The topological polar surface area (TPSA) is 38.0 Å². The highest BCUT2D eigenvalue weighted by atomic mass is 32.2. The molecule has 0 aliphatic heterocycles. The number of alkyl halides is 3. The summed E-state index contributed by atoms with van der Waals surface area (Å²) in [5.74, 6) is 1.07. The van der Waals surface area contributed by atoms with Gasteiger partial charge in [-0.2, -0.15) is 24.9 Å². The lowest BCUT2D eigenvalue weighted by Crippen LogP contribution is -2.10. The summed E-state index contributed by atoms with van der Waals surface area (Å²) in [5.41, 5.74) is 4.76. The second-order valence-corrected chi connectivity index (χ2v) is 4.91. The van der Waals surface area contributed by atoms with E-state index in [0.717, 1.165) is 24.7 Å². The molecule has 0 amide bonds. The summed E-state index contributed by atoms with van der Waals surface area (Å²) in [7, 11) is 0. The van der Waals surface area contributed by atoms with Crippen molar-refractivity contribution in [3.63, 3.8) is 0 Å². The third-order valence-electron chi connectivity index (χ3n) is 2.46. The Hall–Kier alpha value is -1.04. The van der Waals surface area contributed by atoms with E-state index in [1.54, 1.807) is 17.8 Å². The molecule has 2 nitrogen and oxygen atoms in total. The molecule has 3 N–H and O–H groups in total. The third kappa shape index (κ3) is 4.68. The predicted octanol–water partition coefficient (Wildman–Crippen LogP) is 3.84. The highest BCUT2D eigenvalue weighted by Gasteiger charge is 2.33. The van der Waals surface area contributed by atoms with E-state index in [1.807, 2.05) is 6.26 Å². The van der Waals surface area contributed by atoms with Crippen LogP contribution in [0.1, 0.15) is 18.4 Å². The molecule has 1 aromatic rings. The van der Waals surface area contributed by atoms with Gasteiger partial charge in [-0.05, 0) is 43.0 Å². The van der Waals surface area contributed by atoms with Crippen LogP contribution in [0.4, 0.5) is 24.5 Å². The molecule has 0 saturated heterocycles. The van der Waals surface area contributed by atoms with E-state index in [2.05, 4.69) is 5.32 Å². The zero-order chi connectivity index (χ0) is 13.6. The molecule has 0 aromatic heterocycles. The molecule has 0 unspecified atom stereocenters. The summed E-state index contributed by atoms with van der Waals surface area (Å²) in [5, 5.41) is 2.98. The molecule has 102 valence electrons. The van der Waals surface area contributed by atoms with Crippen molar-refractivity contribution < 1.29 is 13.2 Å².